The quantitative estimate of drug-likeness (QED) is 0.797. The summed E-state index contributed by atoms with van der Waals surface area (Å²) in [6.45, 7) is 0. The summed E-state index contributed by atoms with van der Waals surface area (Å²) in [4.78, 5) is 0. The predicted molar refractivity (Wildman–Crippen MR) is 79.2 cm³/mol. The molecule has 0 saturated carbocycles. The first-order valence-electron chi connectivity index (χ1n) is 5.55. The molecule has 1 atom stereocenters. The molecule has 1 nitrogen and oxygen atoms in total. The van der Waals surface area contributed by atoms with E-state index in [0.29, 0.717) is 25.6 Å². The molecule has 0 radical (unpaired) electrons. The van der Waals surface area contributed by atoms with Crippen molar-refractivity contribution in [2.45, 2.75) is 12.5 Å². The summed E-state index contributed by atoms with van der Waals surface area (Å²) in [5.41, 5.74) is 0.947. The van der Waals surface area contributed by atoms with E-state index in [-0.39, 0.29) is 6.42 Å². The number of halogens is 4. The Morgan fingerprint density at radius 1 is 1.21 bits per heavy atom. The zero-order valence-electron chi connectivity index (χ0n) is 9.71. The Hall–Kier alpha value is -0.610. The van der Waals surface area contributed by atoms with Gasteiger partial charge in [0, 0.05) is 26.5 Å². The van der Waals surface area contributed by atoms with Crippen LogP contribution < -0.4 is 0 Å². The molecular formula is C14H10BrCl2FO. The van der Waals surface area contributed by atoms with E-state index in [1.54, 1.807) is 24.3 Å². The van der Waals surface area contributed by atoms with Crippen LogP contribution in [0.25, 0.3) is 0 Å². The summed E-state index contributed by atoms with van der Waals surface area (Å²) in [7, 11) is 0. The molecule has 2 aromatic rings. The molecule has 0 bridgehead atoms. The molecule has 5 heteroatoms. The van der Waals surface area contributed by atoms with Gasteiger partial charge in [0.05, 0.1) is 6.10 Å². The SMILES string of the molecule is OC(Cc1c(F)cccc1Cl)c1ccc(Cl)cc1Br. The monoisotopic (exact) mass is 362 g/mol. The van der Waals surface area contributed by atoms with Crippen molar-refractivity contribution in [1.82, 2.24) is 0 Å². The van der Waals surface area contributed by atoms with Crippen LogP contribution in [0, 0.1) is 5.82 Å². The number of hydrogen-bond acceptors (Lipinski definition) is 1. The summed E-state index contributed by atoms with van der Waals surface area (Å²) in [6.07, 6.45) is -0.757. The van der Waals surface area contributed by atoms with Crippen LogP contribution in [0.5, 0.6) is 0 Å². The van der Waals surface area contributed by atoms with E-state index < -0.39 is 11.9 Å². The molecule has 1 unspecified atom stereocenters. The van der Waals surface area contributed by atoms with Crippen LogP contribution in [0.3, 0.4) is 0 Å². The van der Waals surface area contributed by atoms with Crippen LogP contribution in [0.2, 0.25) is 10.0 Å². The summed E-state index contributed by atoms with van der Waals surface area (Å²) in [6, 6.07) is 9.52. The number of rotatable bonds is 3. The maximum atomic E-state index is 13.7. The Morgan fingerprint density at radius 3 is 2.58 bits per heavy atom. The van der Waals surface area contributed by atoms with Gasteiger partial charge in [-0.3, -0.25) is 0 Å². The van der Waals surface area contributed by atoms with Gasteiger partial charge in [0.1, 0.15) is 5.82 Å². The average molecular weight is 364 g/mol. The predicted octanol–water partition coefficient (Wildman–Crippen LogP) is 5.17. The molecule has 0 spiro atoms. The molecule has 0 amide bonds. The summed E-state index contributed by atoms with van der Waals surface area (Å²) >= 11 is 15.1. The molecule has 0 aromatic heterocycles. The third-order valence-corrected chi connectivity index (χ3v) is 4.06. The first kappa shape index (κ1) is 14.8. The molecule has 0 fully saturated rings. The minimum absolute atomic E-state index is 0.103. The van der Waals surface area contributed by atoms with Crippen molar-refractivity contribution < 1.29 is 9.50 Å². The van der Waals surface area contributed by atoms with Gasteiger partial charge in [-0.25, -0.2) is 4.39 Å². The van der Waals surface area contributed by atoms with Crippen LogP contribution in [0.4, 0.5) is 4.39 Å². The average Bonchev–Trinajstić information content (AvgIpc) is 2.33. The highest BCUT2D eigenvalue weighted by Crippen LogP contribution is 2.31. The molecule has 0 saturated heterocycles. The van der Waals surface area contributed by atoms with Crippen LogP contribution in [0.1, 0.15) is 17.2 Å². The lowest BCUT2D eigenvalue weighted by molar-refractivity contribution is 0.176. The highest BCUT2D eigenvalue weighted by Gasteiger charge is 2.16. The number of benzene rings is 2. The molecule has 0 aliphatic rings. The lowest BCUT2D eigenvalue weighted by atomic mass is 10.0. The van der Waals surface area contributed by atoms with Gasteiger partial charge in [0.25, 0.3) is 0 Å². The molecule has 100 valence electrons. The van der Waals surface area contributed by atoms with E-state index >= 15 is 0 Å². The van der Waals surface area contributed by atoms with Crippen LogP contribution >= 0.6 is 39.1 Å². The molecular weight excluding hydrogens is 354 g/mol. The smallest absolute Gasteiger partial charge is 0.127 e. The normalized spacial score (nSPS) is 12.5. The largest absolute Gasteiger partial charge is 0.388 e. The van der Waals surface area contributed by atoms with Gasteiger partial charge in [-0.2, -0.15) is 0 Å². The van der Waals surface area contributed by atoms with Crippen molar-refractivity contribution in [3.8, 4) is 0 Å². The summed E-state index contributed by atoms with van der Waals surface area (Å²) in [5, 5.41) is 11.1. The highest BCUT2D eigenvalue weighted by molar-refractivity contribution is 9.10. The van der Waals surface area contributed by atoms with E-state index in [4.69, 9.17) is 23.2 Å². The van der Waals surface area contributed by atoms with Crippen molar-refractivity contribution in [3.05, 3.63) is 67.9 Å². The fourth-order valence-electron chi connectivity index (χ4n) is 1.80. The van der Waals surface area contributed by atoms with Gasteiger partial charge >= 0.3 is 0 Å². The lowest BCUT2D eigenvalue weighted by Crippen LogP contribution is -2.05. The van der Waals surface area contributed by atoms with E-state index in [2.05, 4.69) is 15.9 Å². The maximum Gasteiger partial charge on any atom is 0.127 e. The van der Waals surface area contributed by atoms with Crippen molar-refractivity contribution in [2.75, 3.05) is 0 Å². The molecule has 0 aliphatic carbocycles. The third-order valence-electron chi connectivity index (χ3n) is 2.78. The Balaban J connectivity index is 2.28. The zero-order valence-corrected chi connectivity index (χ0v) is 12.8. The van der Waals surface area contributed by atoms with E-state index in [9.17, 15) is 9.50 Å². The van der Waals surface area contributed by atoms with Gasteiger partial charge in [0.2, 0.25) is 0 Å². The molecule has 2 aromatic carbocycles. The highest BCUT2D eigenvalue weighted by atomic mass is 79.9. The van der Waals surface area contributed by atoms with Crippen molar-refractivity contribution in [3.63, 3.8) is 0 Å². The van der Waals surface area contributed by atoms with Gasteiger partial charge in [-0.05, 0) is 29.8 Å². The summed E-state index contributed by atoms with van der Waals surface area (Å²) in [5.74, 6) is -0.420. The lowest BCUT2D eigenvalue weighted by Gasteiger charge is -2.14. The molecule has 1 N–H and O–H groups in total. The number of hydrogen-bond donors (Lipinski definition) is 1. The molecule has 19 heavy (non-hydrogen) atoms. The fraction of sp³-hybridized carbons (Fsp3) is 0.143. The maximum absolute atomic E-state index is 13.7. The molecule has 0 aliphatic heterocycles. The molecule has 2 rings (SSSR count). The van der Waals surface area contributed by atoms with Gasteiger partial charge in [-0.15, -0.1) is 0 Å². The van der Waals surface area contributed by atoms with E-state index in [0.717, 1.165) is 0 Å². The second-order valence-electron chi connectivity index (χ2n) is 4.09. The fourth-order valence-corrected chi connectivity index (χ4v) is 2.99. The van der Waals surface area contributed by atoms with Crippen LogP contribution in [0.15, 0.2) is 40.9 Å². The van der Waals surface area contributed by atoms with Crippen molar-refractivity contribution >= 4 is 39.1 Å². The van der Waals surface area contributed by atoms with Gasteiger partial charge in [-0.1, -0.05) is 51.3 Å². The standard InChI is InChI=1S/C14H10BrCl2FO/c15-11-6-8(16)4-5-9(11)14(19)7-10-12(17)2-1-3-13(10)18/h1-6,14,19H,7H2. The van der Waals surface area contributed by atoms with Crippen molar-refractivity contribution in [1.29, 1.82) is 0 Å². The third kappa shape index (κ3) is 3.48. The Labute approximate surface area is 129 Å². The first-order chi connectivity index (χ1) is 8.99. The van der Waals surface area contributed by atoms with Gasteiger partial charge in [0.15, 0.2) is 0 Å². The summed E-state index contributed by atoms with van der Waals surface area (Å²) < 4.78 is 14.3. The Kier molecular flexibility index (Phi) is 4.85. The van der Waals surface area contributed by atoms with Crippen LogP contribution in [-0.2, 0) is 6.42 Å². The Morgan fingerprint density at radius 2 is 1.95 bits per heavy atom. The van der Waals surface area contributed by atoms with Crippen LogP contribution in [-0.4, -0.2) is 5.11 Å². The second-order valence-corrected chi connectivity index (χ2v) is 5.78. The topological polar surface area (TPSA) is 20.2 Å². The number of aliphatic hydroxyl groups is 1. The first-order valence-corrected chi connectivity index (χ1v) is 7.10. The minimum atomic E-state index is -0.860. The number of aliphatic hydroxyl groups excluding tert-OH is 1. The van der Waals surface area contributed by atoms with E-state index in [1.165, 1.54) is 12.1 Å². The van der Waals surface area contributed by atoms with E-state index in [1.807, 2.05) is 0 Å². The Bertz CT molecular complexity index is 584. The second kappa shape index (κ2) is 6.23. The van der Waals surface area contributed by atoms with Gasteiger partial charge < -0.3 is 5.11 Å². The minimum Gasteiger partial charge on any atom is -0.388 e. The molecule has 0 heterocycles. The van der Waals surface area contributed by atoms with Crippen molar-refractivity contribution in [2.24, 2.45) is 0 Å². The zero-order chi connectivity index (χ0) is 14.0.